The van der Waals surface area contributed by atoms with Crippen molar-refractivity contribution in [2.45, 2.75) is 44.6 Å². The van der Waals surface area contributed by atoms with Crippen LogP contribution in [-0.4, -0.2) is 9.78 Å². The maximum atomic E-state index is 12.7. The third-order valence-electron chi connectivity index (χ3n) is 2.99. The Morgan fingerprint density at radius 1 is 1.33 bits per heavy atom. The third kappa shape index (κ3) is 1.96. The minimum atomic E-state index is -2.53. The van der Waals surface area contributed by atoms with Crippen LogP contribution in [0.5, 0.6) is 0 Å². The Morgan fingerprint density at radius 2 is 2.00 bits per heavy atom. The summed E-state index contributed by atoms with van der Waals surface area (Å²) in [5.41, 5.74) is 5.48. The summed E-state index contributed by atoms with van der Waals surface area (Å²) in [7, 11) is 0. The predicted octanol–water partition coefficient (Wildman–Crippen LogP) is 2.91. The summed E-state index contributed by atoms with van der Waals surface area (Å²) in [6.07, 6.45) is 4.03. The van der Waals surface area contributed by atoms with Crippen LogP contribution in [0.4, 0.5) is 14.5 Å². The van der Waals surface area contributed by atoms with E-state index in [9.17, 15) is 8.78 Å². The Hall–Kier alpha value is -1.13. The topological polar surface area (TPSA) is 43.8 Å². The van der Waals surface area contributed by atoms with Crippen molar-refractivity contribution in [2.75, 3.05) is 5.73 Å². The van der Waals surface area contributed by atoms with E-state index in [1.165, 1.54) is 17.3 Å². The molecule has 84 valence electrons. The van der Waals surface area contributed by atoms with Gasteiger partial charge in [0.05, 0.1) is 17.9 Å². The summed E-state index contributed by atoms with van der Waals surface area (Å²) in [6.45, 7) is 0. The van der Waals surface area contributed by atoms with E-state index in [4.69, 9.17) is 5.73 Å². The molecule has 0 spiro atoms. The molecule has 1 aromatic heterocycles. The molecule has 5 heteroatoms. The van der Waals surface area contributed by atoms with Gasteiger partial charge in [0.25, 0.3) is 6.43 Å². The average Bonchev–Trinajstić information content (AvgIpc) is 2.61. The fourth-order valence-electron chi connectivity index (χ4n) is 2.23. The van der Waals surface area contributed by atoms with Gasteiger partial charge in [-0.2, -0.15) is 5.10 Å². The summed E-state index contributed by atoms with van der Waals surface area (Å²) in [5, 5.41) is 3.97. The number of nitrogens with two attached hydrogens (primary N) is 1. The summed E-state index contributed by atoms with van der Waals surface area (Å²) in [5.74, 6) is 0. The van der Waals surface area contributed by atoms with Crippen molar-refractivity contribution in [3.05, 3.63) is 11.9 Å². The molecule has 0 aliphatic heterocycles. The van der Waals surface area contributed by atoms with Gasteiger partial charge in [0.1, 0.15) is 5.69 Å². The monoisotopic (exact) mass is 215 g/mol. The van der Waals surface area contributed by atoms with Crippen molar-refractivity contribution >= 4 is 5.69 Å². The van der Waals surface area contributed by atoms with Crippen LogP contribution < -0.4 is 5.73 Å². The number of rotatable bonds is 2. The Balaban J connectivity index is 2.26. The van der Waals surface area contributed by atoms with Crippen molar-refractivity contribution in [3.8, 4) is 0 Å². The van der Waals surface area contributed by atoms with E-state index >= 15 is 0 Å². The summed E-state index contributed by atoms with van der Waals surface area (Å²) >= 11 is 0. The Morgan fingerprint density at radius 3 is 2.60 bits per heavy atom. The highest BCUT2D eigenvalue weighted by Crippen LogP contribution is 2.33. The zero-order valence-electron chi connectivity index (χ0n) is 8.50. The van der Waals surface area contributed by atoms with E-state index in [2.05, 4.69) is 5.10 Å². The highest BCUT2D eigenvalue weighted by Gasteiger charge is 2.24. The van der Waals surface area contributed by atoms with Crippen LogP contribution in [0.1, 0.15) is 50.3 Å². The number of nitrogens with zero attached hydrogens (tertiary/aromatic N) is 2. The van der Waals surface area contributed by atoms with Gasteiger partial charge in [-0.3, -0.25) is 4.68 Å². The quantitative estimate of drug-likeness (QED) is 0.824. The van der Waals surface area contributed by atoms with Crippen LogP contribution in [-0.2, 0) is 0 Å². The van der Waals surface area contributed by atoms with E-state index in [1.54, 1.807) is 0 Å². The molecule has 15 heavy (non-hydrogen) atoms. The average molecular weight is 215 g/mol. The zero-order valence-corrected chi connectivity index (χ0v) is 8.50. The normalized spacial score (nSPS) is 18.6. The number of hydrogen-bond acceptors (Lipinski definition) is 2. The molecule has 0 radical (unpaired) electrons. The molecule has 1 aromatic rings. The van der Waals surface area contributed by atoms with Crippen molar-refractivity contribution in [2.24, 2.45) is 0 Å². The lowest BCUT2D eigenvalue weighted by atomic mass is 9.95. The van der Waals surface area contributed by atoms with E-state index in [1.807, 2.05) is 0 Å². The molecule has 1 aliphatic rings. The fraction of sp³-hybridized carbons (Fsp3) is 0.700. The maximum absolute atomic E-state index is 12.7. The minimum absolute atomic E-state index is 0.107. The highest BCUT2D eigenvalue weighted by atomic mass is 19.3. The summed E-state index contributed by atoms with van der Waals surface area (Å²) < 4.78 is 26.9. The first-order chi connectivity index (χ1) is 7.20. The lowest BCUT2D eigenvalue weighted by Crippen LogP contribution is -2.17. The molecular formula is C10H15F2N3. The zero-order chi connectivity index (χ0) is 10.8. The van der Waals surface area contributed by atoms with Crippen LogP contribution in [0.15, 0.2) is 6.20 Å². The summed E-state index contributed by atoms with van der Waals surface area (Å²) in [4.78, 5) is 0. The van der Waals surface area contributed by atoms with Gasteiger partial charge in [-0.1, -0.05) is 19.3 Å². The van der Waals surface area contributed by atoms with Gasteiger partial charge in [0.15, 0.2) is 0 Å². The van der Waals surface area contributed by atoms with Gasteiger partial charge < -0.3 is 5.73 Å². The molecule has 1 fully saturated rings. The molecule has 1 aliphatic carbocycles. The van der Waals surface area contributed by atoms with Crippen LogP contribution in [0.2, 0.25) is 0 Å². The molecule has 0 atom stereocenters. The number of alkyl halides is 2. The molecule has 0 unspecified atom stereocenters. The molecule has 0 saturated heterocycles. The number of halogens is 2. The first-order valence-corrected chi connectivity index (χ1v) is 5.31. The second-order valence-electron chi connectivity index (χ2n) is 4.02. The predicted molar refractivity (Wildman–Crippen MR) is 53.7 cm³/mol. The first-order valence-electron chi connectivity index (χ1n) is 5.31. The van der Waals surface area contributed by atoms with Crippen molar-refractivity contribution < 1.29 is 8.78 Å². The second-order valence-corrected chi connectivity index (χ2v) is 4.02. The van der Waals surface area contributed by atoms with Gasteiger partial charge in [0.2, 0.25) is 0 Å². The first kappa shape index (κ1) is 10.4. The van der Waals surface area contributed by atoms with Crippen LogP contribution in [0, 0.1) is 0 Å². The minimum Gasteiger partial charge on any atom is -0.396 e. The molecular weight excluding hydrogens is 200 g/mol. The molecule has 1 heterocycles. The second kappa shape index (κ2) is 4.16. The number of aromatic nitrogens is 2. The number of anilines is 1. The van der Waals surface area contributed by atoms with Crippen LogP contribution in [0.25, 0.3) is 0 Å². The molecule has 2 N–H and O–H groups in total. The van der Waals surface area contributed by atoms with Gasteiger partial charge in [-0.25, -0.2) is 8.78 Å². The van der Waals surface area contributed by atoms with Crippen molar-refractivity contribution in [1.82, 2.24) is 9.78 Å². The van der Waals surface area contributed by atoms with Gasteiger partial charge in [-0.05, 0) is 12.8 Å². The van der Waals surface area contributed by atoms with Gasteiger partial charge in [0, 0.05) is 0 Å². The van der Waals surface area contributed by atoms with E-state index in [0.717, 1.165) is 25.7 Å². The molecule has 3 nitrogen and oxygen atoms in total. The van der Waals surface area contributed by atoms with Crippen molar-refractivity contribution in [1.29, 1.82) is 0 Å². The third-order valence-corrected chi connectivity index (χ3v) is 2.99. The SMILES string of the molecule is Nc1cnn(C2CCCCC2)c1C(F)F. The summed E-state index contributed by atoms with van der Waals surface area (Å²) in [6, 6.07) is 0.111. The van der Waals surface area contributed by atoms with E-state index in [0.29, 0.717) is 0 Å². The Kier molecular flexibility index (Phi) is 2.88. The standard InChI is InChI=1S/C10H15F2N3/c11-10(12)9-8(13)6-14-15(9)7-4-2-1-3-5-7/h6-7,10H,1-5,13H2. The maximum Gasteiger partial charge on any atom is 0.282 e. The molecule has 0 aromatic carbocycles. The lowest BCUT2D eigenvalue weighted by molar-refractivity contribution is 0.133. The lowest BCUT2D eigenvalue weighted by Gasteiger charge is -2.23. The molecule has 2 rings (SSSR count). The smallest absolute Gasteiger partial charge is 0.282 e. The van der Waals surface area contributed by atoms with Gasteiger partial charge >= 0.3 is 0 Å². The van der Waals surface area contributed by atoms with E-state index < -0.39 is 6.43 Å². The fourth-order valence-corrected chi connectivity index (χ4v) is 2.23. The highest BCUT2D eigenvalue weighted by molar-refractivity contribution is 5.41. The Labute approximate surface area is 87.3 Å². The van der Waals surface area contributed by atoms with E-state index in [-0.39, 0.29) is 17.4 Å². The largest absolute Gasteiger partial charge is 0.396 e. The van der Waals surface area contributed by atoms with Crippen LogP contribution in [0.3, 0.4) is 0 Å². The number of nitrogen functional groups attached to an aromatic ring is 1. The Bertz CT molecular complexity index is 329. The molecule has 0 bridgehead atoms. The van der Waals surface area contributed by atoms with Gasteiger partial charge in [-0.15, -0.1) is 0 Å². The molecule has 1 saturated carbocycles. The van der Waals surface area contributed by atoms with Crippen LogP contribution >= 0.6 is 0 Å². The van der Waals surface area contributed by atoms with Crippen molar-refractivity contribution in [3.63, 3.8) is 0 Å². The number of hydrogen-bond donors (Lipinski definition) is 1. The molecule has 0 amide bonds.